The predicted octanol–water partition coefficient (Wildman–Crippen LogP) is 7.53. The van der Waals surface area contributed by atoms with E-state index < -0.39 is 17.6 Å². The molecule has 5 rings (SSSR count). The van der Waals surface area contributed by atoms with Crippen LogP contribution in [0.25, 0.3) is 28.1 Å². The van der Waals surface area contributed by atoms with Crippen molar-refractivity contribution < 1.29 is 22.7 Å². The second-order valence-corrected chi connectivity index (χ2v) is 8.91. The number of pyridine rings is 1. The number of alkyl halides is 3. The van der Waals surface area contributed by atoms with Crippen LogP contribution < -0.4 is 10.1 Å². The van der Waals surface area contributed by atoms with Crippen LogP contribution in [0.15, 0.2) is 97.5 Å². The fourth-order valence-corrected chi connectivity index (χ4v) is 4.23. The van der Waals surface area contributed by atoms with Crippen molar-refractivity contribution >= 4 is 23.2 Å². The molecule has 0 aliphatic heterocycles. The van der Waals surface area contributed by atoms with Gasteiger partial charge in [-0.1, -0.05) is 29.8 Å². The van der Waals surface area contributed by atoms with E-state index in [1.165, 1.54) is 19.2 Å². The van der Waals surface area contributed by atoms with Crippen molar-refractivity contribution in [1.29, 1.82) is 0 Å². The minimum Gasteiger partial charge on any atom is -0.495 e. The topological polar surface area (TPSA) is 69.0 Å². The Kier molecular flexibility index (Phi) is 7.08. The summed E-state index contributed by atoms with van der Waals surface area (Å²) >= 11 is 6.23. The molecule has 0 radical (unpaired) electrons. The monoisotopic (exact) mass is 548 g/mol. The number of hydrogen-bond acceptors (Lipinski definition) is 4. The lowest BCUT2D eigenvalue weighted by atomic mass is 10.0. The molecule has 0 fully saturated rings. The average Bonchev–Trinajstić information content (AvgIpc) is 3.39. The molecule has 3 aromatic carbocycles. The molecule has 0 bridgehead atoms. The Morgan fingerprint density at radius 3 is 2.46 bits per heavy atom. The number of halogens is 4. The van der Waals surface area contributed by atoms with E-state index >= 15 is 0 Å². The lowest BCUT2D eigenvalue weighted by molar-refractivity contribution is -0.137. The van der Waals surface area contributed by atoms with Gasteiger partial charge in [0.1, 0.15) is 11.4 Å². The Morgan fingerprint density at radius 1 is 0.949 bits per heavy atom. The number of aromatic nitrogens is 3. The first-order chi connectivity index (χ1) is 18.7. The summed E-state index contributed by atoms with van der Waals surface area (Å²) in [4.78, 5) is 16.8. The number of benzene rings is 3. The highest BCUT2D eigenvalue weighted by Gasteiger charge is 2.31. The Bertz CT molecular complexity index is 1650. The van der Waals surface area contributed by atoms with Gasteiger partial charge >= 0.3 is 6.18 Å². The summed E-state index contributed by atoms with van der Waals surface area (Å²) in [7, 11) is 1.53. The molecule has 0 saturated heterocycles. The fraction of sp³-hybridized carbons (Fsp3) is 0.0690. The number of anilines is 1. The van der Waals surface area contributed by atoms with E-state index in [4.69, 9.17) is 21.4 Å². The average molecular weight is 549 g/mol. The zero-order chi connectivity index (χ0) is 27.6. The van der Waals surface area contributed by atoms with Crippen molar-refractivity contribution in [1.82, 2.24) is 14.8 Å². The van der Waals surface area contributed by atoms with Crippen LogP contribution in [0, 0.1) is 0 Å². The van der Waals surface area contributed by atoms with Gasteiger partial charge in [-0.05, 0) is 66.2 Å². The standard InChI is InChI=1S/C29H20ClF3N4O2/c1-39-26-15-19(8-9-25(26)30)27-24(18-10-12-34-13-11-18)17-37(36-27)23-7-3-6-22(16-23)35-28(38)20-4-2-5-21(14-20)29(31,32)33/h2-17H,1H3,(H,35,38). The molecule has 0 saturated carbocycles. The van der Waals surface area contributed by atoms with Gasteiger partial charge in [0.25, 0.3) is 5.91 Å². The summed E-state index contributed by atoms with van der Waals surface area (Å²) in [6.07, 6.45) is 0.666. The molecule has 0 aliphatic rings. The van der Waals surface area contributed by atoms with Crippen molar-refractivity contribution in [2.45, 2.75) is 6.18 Å². The van der Waals surface area contributed by atoms with Crippen molar-refractivity contribution in [2.24, 2.45) is 0 Å². The summed E-state index contributed by atoms with van der Waals surface area (Å²) in [6, 6.07) is 20.2. The van der Waals surface area contributed by atoms with Crippen molar-refractivity contribution in [2.75, 3.05) is 12.4 Å². The van der Waals surface area contributed by atoms with E-state index in [-0.39, 0.29) is 5.56 Å². The number of rotatable bonds is 6. The molecule has 2 aromatic heterocycles. The first-order valence-electron chi connectivity index (χ1n) is 11.7. The first kappa shape index (κ1) is 26.0. The van der Waals surface area contributed by atoms with Crippen molar-refractivity contribution in [3.63, 3.8) is 0 Å². The third kappa shape index (κ3) is 5.63. The molecule has 0 spiro atoms. The molecule has 10 heteroatoms. The van der Waals surface area contributed by atoms with Crippen LogP contribution in [-0.4, -0.2) is 27.8 Å². The van der Waals surface area contributed by atoms with Crippen molar-refractivity contribution in [3.8, 4) is 33.8 Å². The first-order valence-corrected chi connectivity index (χ1v) is 12.0. The molecule has 0 aliphatic carbocycles. The van der Waals surface area contributed by atoms with Gasteiger partial charge in [-0.2, -0.15) is 18.3 Å². The minimum absolute atomic E-state index is 0.103. The van der Waals surface area contributed by atoms with Crippen molar-refractivity contribution in [3.05, 3.63) is 114 Å². The normalized spacial score (nSPS) is 11.3. The molecule has 39 heavy (non-hydrogen) atoms. The van der Waals surface area contributed by atoms with Crippen LogP contribution in [-0.2, 0) is 6.18 Å². The minimum atomic E-state index is -4.55. The zero-order valence-corrected chi connectivity index (χ0v) is 21.2. The molecule has 196 valence electrons. The molecule has 1 N–H and O–H groups in total. The Hall–Kier alpha value is -4.63. The van der Waals surface area contributed by atoms with E-state index in [9.17, 15) is 18.0 Å². The Morgan fingerprint density at radius 2 is 1.72 bits per heavy atom. The fourth-order valence-electron chi connectivity index (χ4n) is 4.04. The maximum Gasteiger partial charge on any atom is 0.416 e. The van der Waals surface area contributed by atoms with Crippen LogP contribution in [0.3, 0.4) is 0 Å². The SMILES string of the molecule is COc1cc(-c2nn(-c3cccc(NC(=O)c4cccc(C(F)(F)F)c4)c3)cc2-c2ccncc2)ccc1Cl. The largest absolute Gasteiger partial charge is 0.495 e. The van der Waals surface area contributed by atoms with Crippen LogP contribution in [0.1, 0.15) is 15.9 Å². The molecule has 2 heterocycles. The highest BCUT2D eigenvalue weighted by atomic mass is 35.5. The predicted molar refractivity (Wildman–Crippen MR) is 143 cm³/mol. The van der Waals surface area contributed by atoms with Crippen LogP contribution in [0.5, 0.6) is 5.75 Å². The maximum atomic E-state index is 13.1. The van der Waals surface area contributed by atoms with E-state index in [0.29, 0.717) is 27.8 Å². The summed E-state index contributed by atoms with van der Waals surface area (Å²) < 4.78 is 46.3. The second-order valence-electron chi connectivity index (χ2n) is 8.50. The van der Waals surface area contributed by atoms with Gasteiger partial charge in [-0.15, -0.1) is 0 Å². The highest BCUT2D eigenvalue weighted by Crippen LogP contribution is 2.36. The van der Waals surface area contributed by atoms with Gasteiger partial charge in [0.2, 0.25) is 0 Å². The Balaban J connectivity index is 1.50. The highest BCUT2D eigenvalue weighted by molar-refractivity contribution is 6.32. The van der Waals surface area contributed by atoms with E-state index in [0.717, 1.165) is 28.8 Å². The van der Waals surface area contributed by atoms with E-state index in [2.05, 4.69) is 10.3 Å². The van der Waals surface area contributed by atoms with Crippen LogP contribution >= 0.6 is 11.6 Å². The molecule has 0 atom stereocenters. The van der Waals surface area contributed by atoms with Crippen LogP contribution in [0.2, 0.25) is 5.02 Å². The molecule has 0 unspecified atom stereocenters. The number of amides is 1. The molecule has 6 nitrogen and oxygen atoms in total. The summed E-state index contributed by atoms with van der Waals surface area (Å²) in [5.74, 6) is -0.158. The van der Waals surface area contributed by atoms with E-state index in [1.54, 1.807) is 53.5 Å². The second kappa shape index (κ2) is 10.6. The van der Waals surface area contributed by atoms with Gasteiger partial charge in [0.15, 0.2) is 0 Å². The third-order valence-corrected chi connectivity index (χ3v) is 6.26. The number of nitrogens with zero attached hydrogens (tertiary/aromatic N) is 3. The lowest BCUT2D eigenvalue weighted by Crippen LogP contribution is -2.14. The summed E-state index contributed by atoms with van der Waals surface area (Å²) in [6.45, 7) is 0. The summed E-state index contributed by atoms with van der Waals surface area (Å²) in [5.41, 5.74) is 3.16. The number of ether oxygens (including phenoxy) is 1. The number of hydrogen-bond donors (Lipinski definition) is 1. The van der Waals surface area contributed by atoms with Gasteiger partial charge < -0.3 is 10.1 Å². The maximum absolute atomic E-state index is 13.1. The number of carbonyl (C=O) groups excluding carboxylic acids is 1. The quantitative estimate of drug-likeness (QED) is 0.238. The lowest BCUT2D eigenvalue weighted by Gasteiger charge is -2.10. The molecular weight excluding hydrogens is 529 g/mol. The van der Waals surface area contributed by atoms with Gasteiger partial charge in [0, 0.05) is 41.0 Å². The van der Waals surface area contributed by atoms with Gasteiger partial charge in [0.05, 0.1) is 23.4 Å². The zero-order valence-electron chi connectivity index (χ0n) is 20.4. The number of methoxy groups -OCH3 is 1. The number of nitrogens with one attached hydrogen (secondary N) is 1. The van der Waals surface area contributed by atoms with Gasteiger partial charge in [-0.3, -0.25) is 9.78 Å². The molecular formula is C29H20ClF3N4O2. The third-order valence-electron chi connectivity index (χ3n) is 5.95. The summed E-state index contributed by atoms with van der Waals surface area (Å²) in [5, 5.41) is 7.94. The number of carbonyl (C=O) groups is 1. The Labute approximate surface area is 226 Å². The smallest absolute Gasteiger partial charge is 0.416 e. The van der Waals surface area contributed by atoms with Crippen LogP contribution in [0.4, 0.5) is 18.9 Å². The van der Waals surface area contributed by atoms with E-state index in [1.807, 2.05) is 24.4 Å². The van der Waals surface area contributed by atoms with Gasteiger partial charge in [-0.25, -0.2) is 4.68 Å². The molecule has 1 amide bonds. The molecule has 5 aromatic rings.